The number of hydrogen-bond acceptors (Lipinski definition) is 2. The van der Waals surface area contributed by atoms with E-state index >= 15 is 0 Å². The summed E-state index contributed by atoms with van der Waals surface area (Å²) in [7, 11) is 0. The molecule has 0 heterocycles. The van der Waals surface area contributed by atoms with Gasteiger partial charge in [-0.05, 0) is 12.8 Å². The van der Waals surface area contributed by atoms with Crippen LogP contribution < -0.4 is 5.73 Å². The van der Waals surface area contributed by atoms with Gasteiger partial charge in [0.15, 0.2) is 5.78 Å². The minimum atomic E-state index is -0.306. The SMILES string of the molecule is CCCC(C)C(C)C(=O)C(C)N. The molecule has 2 N–H and O–H groups in total. The predicted octanol–water partition coefficient (Wildman–Crippen LogP) is 1.98. The summed E-state index contributed by atoms with van der Waals surface area (Å²) in [6.07, 6.45) is 2.25. The van der Waals surface area contributed by atoms with E-state index in [9.17, 15) is 4.79 Å². The molecule has 0 bridgehead atoms. The van der Waals surface area contributed by atoms with Gasteiger partial charge in [-0.1, -0.05) is 33.6 Å². The number of nitrogens with two attached hydrogens (primary N) is 1. The van der Waals surface area contributed by atoms with Gasteiger partial charge in [-0.15, -0.1) is 0 Å². The van der Waals surface area contributed by atoms with Gasteiger partial charge in [-0.3, -0.25) is 4.79 Å². The van der Waals surface area contributed by atoms with E-state index in [1.807, 2.05) is 6.92 Å². The monoisotopic (exact) mass is 171 g/mol. The molecule has 12 heavy (non-hydrogen) atoms. The van der Waals surface area contributed by atoms with Gasteiger partial charge in [-0.2, -0.15) is 0 Å². The summed E-state index contributed by atoms with van der Waals surface area (Å²) in [5, 5.41) is 0. The van der Waals surface area contributed by atoms with Crippen molar-refractivity contribution < 1.29 is 4.79 Å². The van der Waals surface area contributed by atoms with Crippen LogP contribution in [0.5, 0.6) is 0 Å². The lowest BCUT2D eigenvalue weighted by atomic mass is 9.86. The summed E-state index contributed by atoms with van der Waals surface area (Å²) in [5.41, 5.74) is 5.52. The first kappa shape index (κ1) is 11.6. The highest BCUT2D eigenvalue weighted by Gasteiger charge is 2.21. The molecular weight excluding hydrogens is 150 g/mol. The normalized spacial score (nSPS) is 18.4. The summed E-state index contributed by atoms with van der Waals surface area (Å²) in [5.74, 6) is 0.773. The Hall–Kier alpha value is -0.370. The van der Waals surface area contributed by atoms with E-state index in [-0.39, 0.29) is 17.7 Å². The van der Waals surface area contributed by atoms with Crippen LogP contribution in [0.15, 0.2) is 0 Å². The Morgan fingerprint density at radius 1 is 1.33 bits per heavy atom. The molecule has 0 radical (unpaired) electrons. The van der Waals surface area contributed by atoms with E-state index in [1.165, 1.54) is 0 Å². The van der Waals surface area contributed by atoms with Gasteiger partial charge in [0.2, 0.25) is 0 Å². The van der Waals surface area contributed by atoms with Gasteiger partial charge in [0.25, 0.3) is 0 Å². The average molecular weight is 171 g/mol. The lowest BCUT2D eigenvalue weighted by Gasteiger charge is -2.19. The first-order valence-electron chi connectivity index (χ1n) is 4.80. The number of ketones is 1. The van der Waals surface area contributed by atoms with Crippen LogP contribution in [0.25, 0.3) is 0 Å². The minimum Gasteiger partial charge on any atom is -0.322 e. The molecule has 72 valence electrons. The summed E-state index contributed by atoms with van der Waals surface area (Å²) in [6, 6.07) is -0.306. The number of Topliss-reactive ketones (excluding diaryl/α,β-unsaturated/α-hetero) is 1. The highest BCUT2D eigenvalue weighted by molar-refractivity contribution is 5.85. The van der Waals surface area contributed by atoms with Crippen molar-refractivity contribution in [3.8, 4) is 0 Å². The molecule has 0 aromatic carbocycles. The van der Waals surface area contributed by atoms with Crippen LogP contribution >= 0.6 is 0 Å². The highest BCUT2D eigenvalue weighted by atomic mass is 16.1. The van der Waals surface area contributed by atoms with Gasteiger partial charge < -0.3 is 5.73 Å². The molecule has 3 unspecified atom stereocenters. The molecule has 0 spiro atoms. The van der Waals surface area contributed by atoms with Crippen LogP contribution in [-0.4, -0.2) is 11.8 Å². The molecule has 0 aromatic rings. The Labute approximate surface area is 75.5 Å². The lowest BCUT2D eigenvalue weighted by Crippen LogP contribution is -2.34. The third kappa shape index (κ3) is 3.35. The minimum absolute atomic E-state index is 0.116. The van der Waals surface area contributed by atoms with E-state index < -0.39 is 0 Å². The third-order valence-corrected chi connectivity index (χ3v) is 2.50. The van der Waals surface area contributed by atoms with Crippen molar-refractivity contribution in [2.45, 2.75) is 46.6 Å². The molecule has 0 saturated heterocycles. The second-order valence-corrected chi connectivity index (χ2v) is 3.75. The Morgan fingerprint density at radius 3 is 2.17 bits per heavy atom. The van der Waals surface area contributed by atoms with E-state index in [0.717, 1.165) is 12.8 Å². The van der Waals surface area contributed by atoms with E-state index in [1.54, 1.807) is 6.92 Å². The van der Waals surface area contributed by atoms with Crippen molar-refractivity contribution in [3.63, 3.8) is 0 Å². The van der Waals surface area contributed by atoms with Crippen LogP contribution in [0, 0.1) is 11.8 Å². The molecule has 0 aliphatic rings. The second kappa shape index (κ2) is 5.31. The topological polar surface area (TPSA) is 43.1 Å². The summed E-state index contributed by atoms with van der Waals surface area (Å²) < 4.78 is 0. The Kier molecular flexibility index (Phi) is 5.14. The van der Waals surface area contributed by atoms with Crippen LogP contribution in [-0.2, 0) is 4.79 Å². The number of carbonyl (C=O) groups excluding carboxylic acids is 1. The standard InChI is InChI=1S/C10H21NO/c1-5-6-7(2)8(3)10(12)9(4)11/h7-9H,5-6,11H2,1-4H3. The summed E-state index contributed by atoms with van der Waals surface area (Å²) in [6.45, 7) is 8.00. The van der Waals surface area contributed by atoms with Crippen LogP contribution in [0.2, 0.25) is 0 Å². The van der Waals surface area contributed by atoms with E-state index in [0.29, 0.717) is 5.92 Å². The van der Waals surface area contributed by atoms with Crippen LogP contribution in [0.3, 0.4) is 0 Å². The molecule has 0 aliphatic carbocycles. The molecule has 0 aromatic heterocycles. The second-order valence-electron chi connectivity index (χ2n) is 3.75. The molecule has 0 saturated carbocycles. The van der Waals surface area contributed by atoms with Gasteiger partial charge in [0.05, 0.1) is 6.04 Å². The Bertz CT molecular complexity index is 143. The van der Waals surface area contributed by atoms with Crippen LogP contribution in [0.1, 0.15) is 40.5 Å². The molecule has 3 atom stereocenters. The largest absolute Gasteiger partial charge is 0.322 e. The molecule has 0 amide bonds. The van der Waals surface area contributed by atoms with Crippen molar-refractivity contribution in [1.82, 2.24) is 0 Å². The maximum Gasteiger partial charge on any atom is 0.152 e. The van der Waals surface area contributed by atoms with Gasteiger partial charge >= 0.3 is 0 Å². The molecule has 2 heteroatoms. The zero-order chi connectivity index (χ0) is 9.72. The first-order chi connectivity index (χ1) is 5.50. The zero-order valence-corrected chi connectivity index (χ0v) is 8.63. The molecule has 2 nitrogen and oxygen atoms in total. The average Bonchev–Trinajstić information content (AvgIpc) is 2.02. The fourth-order valence-electron chi connectivity index (χ4n) is 1.40. The first-order valence-corrected chi connectivity index (χ1v) is 4.80. The Balaban J connectivity index is 4.00. The molecule has 0 rings (SSSR count). The number of carbonyl (C=O) groups is 1. The summed E-state index contributed by atoms with van der Waals surface area (Å²) in [4.78, 5) is 11.4. The van der Waals surface area contributed by atoms with E-state index in [2.05, 4.69) is 13.8 Å². The molecular formula is C10H21NO. The quantitative estimate of drug-likeness (QED) is 0.687. The fraction of sp³-hybridized carbons (Fsp3) is 0.900. The summed E-state index contributed by atoms with van der Waals surface area (Å²) >= 11 is 0. The maximum absolute atomic E-state index is 11.4. The number of rotatable bonds is 5. The van der Waals surface area contributed by atoms with Crippen LogP contribution in [0.4, 0.5) is 0 Å². The lowest BCUT2D eigenvalue weighted by molar-refractivity contribution is -0.124. The molecule has 0 fully saturated rings. The fourth-order valence-corrected chi connectivity index (χ4v) is 1.40. The van der Waals surface area contributed by atoms with Crippen molar-refractivity contribution >= 4 is 5.78 Å². The van der Waals surface area contributed by atoms with Crippen molar-refractivity contribution in [2.75, 3.05) is 0 Å². The van der Waals surface area contributed by atoms with E-state index in [4.69, 9.17) is 5.73 Å². The number of hydrogen-bond donors (Lipinski definition) is 1. The van der Waals surface area contributed by atoms with Gasteiger partial charge in [0.1, 0.15) is 0 Å². The Morgan fingerprint density at radius 2 is 1.83 bits per heavy atom. The smallest absolute Gasteiger partial charge is 0.152 e. The van der Waals surface area contributed by atoms with Crippen molar-refractivity contribution in [1.29, 1.82) is 0 Å². The molecule has 0 aliphatic heterocycles. The van der Waals surface area contributed by atoms with Crippen molar-refractivity contribution in [2.24, 2.45) is 17.6 Å². The third-order valence-electron chi connectivity index (χ3n) is 2.50. The zero-order valence-electron chi connectivity index (χ0n) is 8.63. The van der Waals surface area contributed by atoms with Gasteiger partial charge in [-0.25, -0.2) is 0 Å². The highest BCUT2D eigenvalue weighted by Crippen LogP contribution is 2.18. The maximum atomic E-state index is 11.4. The predicted molar refractivity (Wildman–Crippen MR) is 51.9 cm³/mol. The van der Waals surface area contributed by atoms with Crippen molar-refractivity contribution in [3.05, 3.63) is 0 Å². The van der Waals surface area contributed by atoms with Gasteiger partial charge in [0, 0.05) is 5.92 Å².